The zero-order valence-corrected chi connectivity index (χ0v) is 19.7. The number of thiocarbonyl (C=S) groups is 1. The van der Waals surface area contributed by atoms with Crippen LogP contribution >= 0.6 is 12.2 Å². The molecule has 0 unspecified atom stereocenters. The summed E-state index contributed by atoms with van der Waals surface area (Å²) in [5.41, 5.74) is 1.14. The van der Waals surface area contributed by atoms with Gasteiger partial charge in [-0.2, -0.15) is 10.2 Å². The molecule has 2 bridgehead atoms. The van der Waals surface area contributed by atoms with Gasteiger partial charge in [-0.3, -0.25) is 4.68 Å². The molecule has 1 N–H and O–H groups in total. The molecule has 0 amide bonds. The van der Waals surface area contributed by atoms with Crippen LogP contribution in [0.25, 0.3) is 5.65 Å². The van der Waals surface area contributed by atoms with Crippen LogP contribution in [0.4, 0.5) is 20.3 Å². The predicted octanol–water partition coefficient (Wildman–Crippen LogP) is 4.38. The van der Waals surface area contributed by atoms with Crippen molar-refractivity contribution in [2.24, 2.45) is 5.92 Å². The van der Waals surface area contributed by atoms with Gasteiger partial charge in [-0.25, -0.2) is 18.3 Å². The molecule has 8 nitrogen and oxygen atoms in total. The second-order valence-electron chi connectivity index (χ2n) is 9.69. The lowest BCUT2D eigenvalue weighted by atomic mass is 9.87. The lowest BCUT2D eigenvalue weighted by Gasteiger charge is -2.27. The van der Waals surface area contributed by atoms with Crippen molar-refractivity contribution in [2.45, 2.75) is 63.6 Å². The second kappa shape index (κ2) is 8.53. The Morgan fingerprint density at radius 1 is 1.24 bits per heavy atom. The zero-order valence-electron chi connectivity index (χ0n) is 18.9. The van der Waals surface area contributed by atoms with E-state index in [0.29, 0.717) is 34.8 Å². The molecule has 3 aromatic heterocycles. The van der Waals surface area contributed by atoms with Gasteiger partial charge in [0.1, 0.15) is 10.8 Å². The highest BCUT2D eigenvalue weighted by Gasteiger charge is 2.39. The van der Waals surface area contributed by atoms with Gasteiger partial charge in [0.15, 0.2) is 11.3 Å². The summed E-state index contributed by atoms with van der Waals surface area (Å²) in [5.74, 6) is 1.52. The Morgan fingerprint density at radius 3 is 2.76 bits per heavy atom. The van der Waals surface area contributed by atoms with Gasteiger partial charge in [-0.1, -0.05) is 19.1 Å². The lowest BCUT2D eigenvalue weighted by Crippen LogP contribution is -2.37. The monoisotopic (exact) mass is 487 g/mol. The van der Waals surface area contributed by atoms with Crippen molar-refractivity contribution in [1.29, 1.82) is 0 Å². The Balaban J connectivity index is 1.26. The number of halogens is 2. The van der Waals surface area contributed by atoms with Crippen LogP contribution in [-0.4, -0.2) is 54.7 Å². The average molecular weight is 488 g/mol. The molecule has 180 valence electrons. The third-order valence-corrected chi connectivity index (χ3v) is 7.69. The van der Waals surface area contributed by atoms with E-state index in [0.717, 1.165) is 44.5 Å². The van der Waals surface area contributed by atoms with Crippen molar-refractivity contribution < 1.29 is 13.5 Å². The summed E-state index contributed by atoms with van der Waals surface area (Å²) in [6, 6.07) is 2.41. The van der Waals surface area contributed by atoms with Gasteiger partial charge in [0, 0.05) is 18.9 Å². The van der Waals surface area contributed by atoms with Gasteiger partial charge in [0.05, 0.1) is 42.2 Å². The quantitative estimate of drug-likeness (QED) is 0.536. The number of rotatable bonds is 5. The lowest BCUT2D eigenvalue weighted by molar-refractivity contribution is 0.0989. The molecule has 0 aromatic carbocycles. The number of alkyl halides is 2. The van der Waals surface area contributed by atoms with Crippen molar-refractivity contribution in [3.8, 4) is 0 Å². The zero-order chi connectivity index (χ0) is 23.4. The third kappa shape index (κ3) is 3.84. The Bertz CT molecular complexity index is 1220. The fraction of sp³-hybridized carbons (Fsp3) is 0.565. The van der Waals surface area contributed by atoms with Crippen molar-refractivity contribution >= 4 is 34.4 Å². The van der Waals surface area contributed by atoms with Crippen molar-refractivity contribution in [2.75, 3.05) is 23.4 Å². The highest BCUT2D eigenvalue weighted by atomic mass is 32.1. The summed E-state index contributed by atoms with van der Waals surface area (Å²) < 4.78 is 36.7. The van der Waals surface area contributed by atoms with Crippen LogP contribution in [0, 0.1) is 5.92 Å². The van der Waals surface area contributed by atoms with Gasteiger partial charge < -0.3 is 15.0 Å². The van der Waals surface area contributed by atoms with Crippen molar-refractivity contribution in [3.63, 3.8) is 0 Å². The maximum Gasteiger partial charge on any atom is 0.284 e. The van der Waals surface area contributed by atoms with E-state index < -0.39 is 6.43 Å². The first kappa shape index (κ1) is 21.8. The summed E-state index contributed by atoms with van der Waals surface area (Å²) in [4.78, 5) is 7.37. The summed E-state index contributed by atoms with van der Waals surface area (Å²) in [6.07, 6.45) is 7.76. The maximum absolute atomic E-state index is 13.8. The van der Waals surface area contributed by atoms with E-state index in [-0.39, 0.29) is 23.5 Å². The van der Waals surface area contributed by atoms with Crippen LogP contribution in [0.1, 0.15) is 62.8 Å². The largest absolute Gasteiger partial charge is 0.374 e. The molecular formula is C23H27F2N7OS. The highest BCUT2D eigenvalue weighted by molar-refractivity contribution is 7.81. The Labute approximate surface area is 201 Å². The minimum Gasteiger partial charge on any atom is -0.374 e. The number of hydrogen-bond donors (Lipinski definition) is 1. The Kier molecular flexibility index (Phi) is 5.48. The number of nitrogens with zero attached hydrogens (tertiary/aromatic N) is 6. The molecule has 5 heterocycles. The second-order valence-corrected chi connectivity index (χ2v) is 10.1. The van der Waals surface area contributed by atoms with Crippen LogP contribution in [0.5, 0.6) is 0 Å². The third-order valence-electron chi connectivity index (χ3n) is 7.37. The molecule has 6 rings (SSSR count). The number of ether oxygens (including phenoxy) is 1. The molecule has 0 spiro atoms. The molecule has 0 radical (unpaired) electrons. The number of fused-ring (bicyclic) bond motifs is 3. The molecule has 3 fully saturated rings. The van der Waals surface area contributed by atoms with Gasteiger partial charge in [-0.15, -0.1) is 0 Å². The topological polar surface area (TPSA) is 72.5 Å². The molecule has 34 heavy (non-hydrogen) atoms. The van der Waals surface area contributed by atoms with Crippen LogP contribution in [0.2, 0.25) is 0 Å². The highest BCUT2D eigenvalue weighted by Crippen LogP contribution is 2.35. The molecule has 1 saturated carbocycles. The van der Waals surface area contributed by atoms with E-state index in [1.807, 2.05) is 12.3 Å². The van der Waals surface area contributed by atoms with E-state index in [2.05, 4.69) is 27.3 Å². The van der Waals surface area contributed by atoms with Crippen LogP contribution in [0.15, 0.2) is 24.7 Å². The summed E-state index contributed by atoms with van der Waals surface area (Å²) in [6.45, 7) is 3.76. The molecule has 2 atom stereocenters. The number of nitrogens with one attached hydrogen (secondary N) is 1. The predicted molar refractivity (Wildman–Crippen MR) is 128 cm³/mol. The van der Waals surface area contributed by atoms with Gasteiger partial charge in [0.2, 0.25) is 0 Å². The summed E-state index contributed by atoms with van der Waals surface area (Å²) >= 11 is 5.62. The maximum atomic E-state index is 13.8. The Hall–Kier alpha value is -2.66. The Morgan fingerprint density at radius 2 is 2.06 bits per heavy atom. The first-order valence-corrected chi connectivity index (χ1v) is 12.3. The molecule has 1 aliphatic carbocycles. The van der Waals surface area contributed by atoms with Gasteiger partial charge in [-0.05, 0) is 44.1 Å². The fourth-order valence-corrected chi connectivity index (χ4v) is 5.66. The van der Waals surface area contributed by atoms with E-state index in [4.69, 9.17) is 21.9 Å². The normalized spacial score (nSPS) is 26.6. The van der Waals surface area contributed by atoms with E-state index >= 15 is 0 Å². The average Bonchev–Trinajstić information content (AvgIpc) is 3.61. The molecule has 3 aliphatic rings. The molecule has 11 heteroatoms. The summed E-state index contributed by atoms with van der Waals surface area (Å²) in [5, 5.41) is 11.6. The first-order valence-electron chi connectivity index (χ1n) is 11.9. The number of anilines is 2. The van der Waals surface area contributed by atoms with Gasteiger partial charge in [0.25, 0.3) is 6.43 Å². The minimum atomic E-state index is -2.70. The SMILES string of the molecule is CC1CCC(n2cc(NC(=S)c3cnn4ccc(N5C[C@@H]6C[C@H]5CO6)nc34)c(C(F)F)n2)CC1. The fourth-order valence-electron chi connectivity index (χ4n) is 5.41. The van der Waals surface area contributed by atoms with Gasteiger partial charge >= 0.3 is 0 Å². The standard InChI is InChI=1S/C23H27F2N7OS/c1-13-2-4-14(5-3-13)32-11-18(20(29-32)21(24)25)27-23(34)17-9-26-31-7-6-19(28-22(17)31)30-10-16-8-15(30)12-33-16/h6-7,9,11,13-16,21H,2-5,8,10,12H2,1H3,(H,27,34)/t13?,14?,15-,16-/m0/s1. The molecular weight excluding hydrogens is 460 g/mol. The number of hydrogen-bond acceptors (Lipinski definition) is 6. The first-order chi connectivity index (χ1) is 16.5. The summed E-state index contributed by atoms with van der Waals surface area (Å²) in [7, 11) is 0. The van der Waals surface area contributed by atoms with Crippen LogP contribution < -0.4 is 10.2 Å². The smallest absolute Gasteiger partial charge is 0.284 e. The van der Waals surface area contributed by atoms with E-state index in [1.165, 1.54) is 0 Å². The molecule has 2 aliphatic heterocycles. The van der Waals surface area contributed by atoms with Crippen LogP contribution in [-0.2, 0) is 4.74 Å². The molecule has 2 saturated heterocycles. The van der Waals surface area contributed by atoms with E-state index in [9.17, 15) is 8.78 Å². The van der Waals surface area contributed by atoms with Crippen molar-refractivity contribution in [3.05, 3.63) is 35.9 Å². The number of aromatic nitrogens is 5. The van der Waals surface area contributed by atoms with Crippen LogP contribution in [0.3, 0.4) is 0 Å². The van der Waals surface area contributed by atoms with Crippen molar-refractivity contribution in [1.82, 2.24) is 24.4 Å². The van der Waals surface area contributed by atoms with E-state index in [1.54, 1.807) is 21.6 Å². The number of morpholine rings is 1. The minimum absolute atomic E-state index is 0.138. The molecule has 3 aromatic rings.